The predicted octanol–water partition coefficient (Wildman–Crippen LogP) is 2.18. The molecule has 1 N–H and O–H groups in total. The minimum Gasteiger partial charge on any atom is -0.406 e. The quantitative estimate of drug-likeness (QED) is 0.926. The molecule has 3 rings (SSSR count). The first-order chi connectivity index (χ1) is 9.44. The number of amides is 1. The van der Waals surface area contributed by atoms with Crippen molar-refractivity contribution in [2.45, 2.75) is 31.4 Å². The molecule has 1 amide bonds. The van der Waals surface area contributed by atoms with Gasteiger partial charge >= 0.3 is 6.36 Å². The first-order valence-electron chi connectivity index (χ1n) is 6.34. The summed E-state index contributed by atoms with van der Waals surface area (Å²) in [4.78, 5) is 13.6. The van der Waals surface area contributed by atoms with E-state index in [1.165, 1.54) is 12.1 Å². The molecule has 7 heteroatoms. The van der Waals surface area contributed by atoms with Gasteiger partial charge in [-0.15, -0.1) is 13.2 Å². The second-order valence-corrected chi connectivity index (χ2v) is 4.93. The van der Waals surface area contributed by atoms with E-state index in [2.05, 4.69) is 10.1 Å². The Labute approximate surface area is 113 Å². The molecular weight excluding hydrogens is 273 g/mol. The average Bonchev–Trinajstić information content (AvgIpc) is 3.12. The maximum absolute atomic E-state index is 12.1. The van der Waals surface area contributed by atoms with Crippen LogP contribution in [-0.4, -0.2) is 29.8 Å². The van der Waals surface area contributed by atoms with Crippen molar-refractivity contribution >= 4 is 5.91 Å². The van der Waals surface area contributed by atoms with Crippen molar-refractivity contribution in [1.29, 1.82) is 0 Å². The van der Waals surface area contributed by atoms with Gasteiger partial charge in [-0.05, 0) is 30.5 Å². The van der Waals surface area contributed by atoms with Crippen LogP contribution in [0.25, 0.3) is 0 Å². The van der Waals surface area contributed by atoms with Gasteiger partial charge in [0.25, 0.3) is 0 Å². The van der Waals surface area contributed by atoms with Gasteiger partial charge in [0.05, 0.1) is 6.54 Å². The molecule has 1 unspecified atom stereocenters. The minimum atomic E-state index is -4.69. The van der Waals surface area contributed by atoms with Crippen LogP contribution in [0.15, 0.2) is 24.3 Å². The van der Waals surface area contributed by atoms with Gasteiger partial charge in [0.15, 0.2) is 0 Å². The number of ether oxygens (including phenoxy) is 1. The Balaban J connectivity index is 1.75. The van der Waals surface area contributed by atoms with E-state index in [4.69, 9.17) is 0 Å². The van der Waals surface area contributed by atoms with Crippen molar-refractivity contribution in [1.82, 2.24) is 10.2 Å². The molecule has 1 aromatic carbocycles. The van der Waals surface area contributed by atoms with Crippen LogP contribution in [0.5, 0.6) is 5.75 Å². The van der Waals surface area contributed by atoms with Crippen molar-refractivity contribution in [3.8, 4) is 5.75 Å². The van der Waals surface area contributed by atoms with Crippen molar-refractivity contribution in [3.63, 3.8) is 0 Å². The van der Waals surface area contributed by atoms with E-state index in [-0.39, 0.29) is 30.4 Å². The summed E-state index contributed by atoms with van der Waals surface area (Å²) in [5, 5.41) is 3.08. The highest BCUT2D eigenvalue weighted by molar-refractivity contribution is 5.81. The molecule has 1 aliphatic carbocycles. The highest BCUT2D eigenvalue weighted by Crippen LogP contribution is 2.36. The molecule has 0 aromatic heterocycles. The fourth-order valence-electron chi connectivity index (χ4n) is 2.42. The Kier molecular flexibility index (Phi) is 3.08. The van der Waals surface area contributed by atoms with Gasteiger partial charge in [0.1, 0.15) is 11.9 Å². The number of hydrogen-bond acceptors (Lipinski definition) is 3. The summed E-state index contributed by atoms with van der Waals surface area (Å²) in [5.74, 6) is -0.225. The summed E-state index contributed by atoms with van der Waals surface area (Å²) < 4.78 is 40.1. The molecular formula is C13H13F3N2O2. The molecule has 108 valence electrons. The molecule has 20 heavy (non-hydrogen) atoms. The van der Waals surface area contributed by atoms with Crippen LogP contribution in [0.1, 0.15) is 24.6 Å². The molecule has 0 spiro atoms. The lowest BCUT2D eigenvalue weighted by Gasteiger charge is -2.24. The number of rotatable bonds is 3. The summed E-state index contributed by atoms with van der Waals surface area (Å²) in [7, 11) is 0. The smallest absolute Gasteiger partial charge is 0.406 e. The molecule has 1 aromatic rings. The summed E-state index contributed by atoms with van der Waals surface area (Å²) in [6.07, 6.45) is -2.98. The number of nitrogens with one attached hydrogen (secondary N) is 1. The van der Waals surface area contributed by atoms with Crippen molar-refractivity contribution < 1.29 is 22.7 Å². The minimum absolute atomic E-state index is 0.0353. The fourth-order valence-corrected chi connectivity index (χ4v) is 2.42. The van der Waals surface area contributed by atoms with E-state index >= 15 is 0 Å². The molecule has 0 bridgehead atoms. The van der Waals surface area contributed by atoms with Crippen LogP contribution in [0.3, 0.4) is 0 Å². The SMILES string of the molecule is O=C1CNC(c2ccc(OC(F)(F)F)cc2)N1C1CC1. The lowest BCUT2D eigenvalue weighted by atomic mass is 10.1. The number of nitrogens with zero attached hydrogens (tertiary/aromatic N) is 1. The van der Waals surface area contributed by atoms with Gasteiger partial charge in [-0.25, -0.2) is 0 Å². The number of benzene rings is 1. The van der Waals surface area contributed by atoms with Crippen molar-refractivity contribution in [2.24, 2.45) is 0 Å². The summed E-state index contributed by atoms with van der Waals surface area (Å²) in [6.45, 7) is 0.266. The molecule has 2 aliphatic rings. The number of carbonyl (C=O) groups is 1. The largest absolute Gasteiger partial charge is 0.573 e. The van der Waals surface area contributed by atoms with Crippen LogP contribution in [0.4, 0.5) is 13.2 Å². The van der Waals surface area contributed by atoms with Gasteiger partial charge < -0.3 is 9.64 Å². The maximum Gasteiger partial charge on any atom is 0.573 e. The van der Waals surface area contributed by atoms with Gasteiger partial charge in [-0.1, -0.05) is 12.1 Å². The maximum atomic E-state index is 12.1. The van der Waals surface area contributed by atoms with E-state index < -0.39 is 6.36 Å². The van der Waals surface area contributed by atoms with Gasteiger partial charge in [0.2, 0.25) is 5.91 Å². The van der Waals surface area contributed by atoms with Crippen LogP contribution in [0, 0.1) is 0 Å². The third-order valence-electron chi connectivity index (χ3n) is 3.38. The van der Waals surface area contributed by atoms with Crippen molar-refractivity contribution in [2.75, 3.05) is 6.54 Å². The zero-order valence-corrected chi connectivity index (χ0v) is 10.5. The molecule has 1 aliphatic heterocycles. The Bertz CT molecular complexity index is 511. The number of carbonyl (C=O) groups excluding carboxylic acids is 1. The standard InChI is InChI=1S/C13H13F3N2O2/c14-13(15,16)20-10-5-1-8(2-6-10)12-17-7-11(19)18(12)9-3-4-9/h1-2,5-6,9,12,17H,3-4,7H2. The Hall–Kier alpha value is -1.76. The summed E-state index contributed by atoms with van der Waals surface area (Å²) in [5.41, 5.74) is 0.761. The Morgan fingerprint density at radius 3 is 2.40 bits per heavy atom. The number of hydrogen-bond donors (Lipinski definition) is 1. The summed E-state index contributed by atoms with van der Waals surface area (Å²) >= 11 is 0. The van der Waals surface area contributed by atoms with Crippen molar-refractivity contribution in [3.05, 3.63) is 29.8 Å². The molecule has 1 heterocycles. The second-order valence-electron chi connectivity index (χ2n) is 4.93. The third kappa shape index (κ3) is 2.72. The highest BCUT2D eigenvalue weighted by atomic mass is 19.4. The van der Waals surface area contributed by atoms with Crippen LogP contribution in [0.2, 0.25) is 0 Å². The highest BCUT2D eigenvalue weighted by Gasteiger charge is 2.41. The normalized spacial score (nSPS) is 23.2. The van der Waals surface area contributed by atoms with Gasteiger partial charge in [-0.2, -0.15) is 0 Å². The van der Waals surface area contributed by atoms with Crippen LogP contribution in [-0.2, 0) is 4.79 Å². The molecule has 0 radical (unpaired) electrons. The van der Waals surface area contributed by atoms with E-state index in [1.807, 2.05) is 0 Å². The molecule has 1 saturated heterocycles. The fraction of sp³-hybridized carbons (Fsp3) is 0.462. The van der Waals surface area contributed by atoms with E-state index in [0.29, 0.717) is 0 Å². The summed E-state index contributed by atoms with van der Waals surface area (Å²) in [6, 6.07) is 5.88. The first kappa shape index (κ1) is 13.2. The Morgan fingerprint density at radius 2 is 1.85 bits per heavy atom. The number of halogens is 3. The van der Waals surface area contributed by atoms with E-state index in [0.717, 1.165) is 18.4 Å². The van der Waals surface area contributed by atoms with Crippen LogP contribution < -0.4 is 10.1 Å². The molecule has 1 saturated carbocycles. The van der Waals surface area contributed by atoms with E-state index in [1.54, 1.807) is 17.0 Å². The predicted molar refractivity (Wildman–Crippen MR) is 63.7 cm³/mol. The number of alkyl halides is 3. The second kappa shape index (κ2) is 4.66. The van der Waals surface area contributed by atoms with Gasteiger partial charge in [-0.3, -0.25) is 10.1 Å². The van der Waals surface area contributed by atoms with Gasteiger partial charge in [0, 0.05) is 6.04 Å². The zero-order chi connectivity index (χ0) is 14.3. The third-order valence-corrected chi connectivity index (χ3v) is 3.38. The Morgan fingerprint density at radius 1 is 1.20 bits per heavy atom. The molecule has 1 atom stereocenters. The van der Waals surface area contributed by atoms with E-state index in [9.17, 15) is 18.0 Å². The topological polar surface area (TPSA) is 41.6 Å². The first-order valence-corrected chi connectivity index (χ1v) is 6.34. The lowest BCUT2D eigenvalue weighted by molar-refractivity contribution is -0.274. The lowest BCUT2D eigenvalue weighted by Crippen LogP contribution is -2.32. The zero-order valence-electron chi connectivity index (χ0n) is 10.5. The monoisotopic (exact) mass is 286 g/mol. The molecule has 4 nitrogen and oxygen atoms in total. The van der Waals surface area contributed by atoms with Crippen LogP contribution >= 0.6 is 0 Å². The average molecular weight is 286 g/mol. The molecule has 2 fully saturated rings.